The van der Waals surface area contributed by atoms with Crippen LogP contribution >= 0.6 is 15.9 Å². The predicted molar refractivity (Wildman–Crippen MR) is 90.4 cm³/mol. The van der Waals surface area contributed by atoms with E-state index >= 15 is 0 Å². The van der Waals surface area contributed by atoms with E-state index in [4.69, 9.17) is 9.47 Å². The lowest BCUT2D eigenvalue weighted by molar-refractivity contribution is 0.310. The Labute approximate surface area is 136 Å². The Morgan fingerprint density at radius 1 is 1.19 bits per heavy atom. The molecule has 1 saturated carbocycles. The molecule has 1 aliphatic carbocycles. The maximum atomic E-state index is 5.50. The summed E-state index contributed by atoms with van der Waals surface area (Å²) in [5, 5.41) is 3.63. The third-order valence-corrected chi connectivity index (χ3v) is 4.69. The average Bonchev–Trinajstić information content (AvgIpc) is 3.28. The fourth-order valence-electron chi connectivity index (χ4n) is 2.39. The van der Waals surface area contributed by atoms with Gasteiger partial charge in [-0.3, -0.25) is 0 Å². The van der Waals surface area contributed by atoms with Crippen molar-refractivity contribution in [1.82, 2.24) is 5.32 Å². The van der Waals surface area contributed by atoms with Gasteiger partial charge in [-0.15, -0.1) is 0 Å². The summed E-state index contributed by atoms with van der Waals surface area (Å²) in [6.45, 7) is 5.73. The quantitative estimate of drug-likeness (QED) is 0.758. The van der Waals surface area contributed by atoms with Gasteiger partial charge >= 0.3 is 0 Å². The third-order valence-electron chi connectivity index (χ3n) is 4.07. The second kappa shape index (κ2) is 7.01. The summed E-state index contributed by atoms with van der Waals surface area (Å²) >= 11 is 3.51. The van der Waals surface area contributed by atoms with Gasteiger partial charge in [0, 0.05) is 12.6 Å². The van der Waals surface area contributed by atoms with Gasteiger partial charge in [0.05, 0.1) is 18.7 Å². The monoisotopic (exact) mass is 355 g/mol. The third kappa shape index (κ3) is 4.89. The highest BCUT2D eigenvalue weighted by Gasteiger charge is 2.25. The molecular weight excluding hydrogens is 330 g/mol. The molecule has 0 bridgehead atoms. The van der Waals surface area contributed by atoms with Crippen LogP contribution in [0.25, 0.3) is 0 Å². The molecule has 0 saturated heterocycles. The van der Waals surface area contributed by atoms with Crippen LogP contribution in [0.2, 0.25) is 0 Å². The number of hydrogen-bond acceptors (Lipinski definition) is 3. The first-order valence-corrected chi connectivity index (χ1v) is 8.38. The molecule has 1 aromatic rings. The number of methoxy groups -OCH3 is 2. The molecule has 118 valence electrons. The van der Waals surface area contributed by atoms with E-state index in [1.165, 1.54) is 18.4 Å². The van der Waals surface area contributed by atoms with Crippen LogP contribution in [0, 0.1) is 5.41 Å². The summed E-state index contributed by atoms with van der Waals surface area (Å²) in [5.41, 5.74) is 1.49. The molecule has 0 spiro atoms. The minimum Gasteiger partial charge on any atom is -0.496 e. The van der Waals surface area contributed by atoms with Crippen LogP contribution in [0.15, 0.2) is 16.6 Å². The van der Waals surface area contributed by atoms with Crippen LogP contribution in [-0.4, -0.2) is 26.8 Å². The van der Waals surface area contributed by atoms with Crippen molar-refractivity contribution < 1.29 is 9.47 Å². The molecule has 2 rings (SSSR count). The van der Waals surface area contributed by atoms with Crippen molar-refractivity contribution in [2.75, 3.05) is 20.8 Å². The number of benzene rings is 1. The van der Waals surface area contributed by atoms with Crippen molar-refractivity contribution in [3.05, 3.63) is 22.2 Å². The second-order valence-electron chi connectivity index (χ2n) is 6.62. The van der Waals surface area contributed by atoms with Gasteiger partial charge in [-0.25, -0.2) is 0 Å². The second-order valence-corrected chi connectivity index (χ2v) is 7.47. The van der Waals surface area contributed by atoms with E-state index in [-0.39, 0.29) is 5.41 Å². The molecule has 0 atom stereocenters. The SMILES string of the molecule is COc1cc(CCC(C)(C)CNC2CC2)c(OC)cc1Br. The lowest BCUT2D eigenvalue weighted by atomic mass is 9.86. The molecule has 0 aromatic heterocycles. The molecule has 0 radical (unpaired) electrons. The molecule has 21 heavy (non-hydrogen) atoms. The molecule has 4 heteroatoms. The summed E-state index contributed by atoms with van der Waals surface area (Å²) in [6.07, 6.45) is 4.79. The molecule has 0 unspecified atom stereocenters. The van der Waals surface area contributed by atoms with Crippen molar-refractivity contribution >= 4 is 15.9 Å². The largest absolute Gasteiger partial charge is 0.496 e. The Morgan fingerprint density at radius 2 is 1.86 bits per heavy atom. The van der Waals surface area contributed by atoms with Gasteiger partial charge in [-0.2, -0.15) is 0 Å². The molecule has 1 N–H and O–H groups in total. The number of nitrogens with one attached hydrogen (secondary N) is 1. The van der Waals surface area contributed by atoms with Crippen molar-refractivity contribution in [3.8, 4) is 11.5 Å². The van der Waals surface area contributed by atoms with E-state index < -0.39 is 0 Å². The van der Waals surface area contributed by atoms with Gasteiger partial charge in [0.25, 0.3) is 0 Å². The van der Waals surface area contributed by atoms with Crippen molar-refractivity contribution in [1.29, 1.82) is 0 Å². The van der Waals surface area contributed by atoms with Gasteiger partial charge in [-0.1, -0.05) is 13.8 Å². The number of aryl methyl sites for hydroxylation is 1. The van der Waals surface area contributed by atoms with E-state index in [0.717, 1.165) is 41.4 Å². The zero-order chi connectivity index (χ0) is 15.5. The summed E-state index contributed by atoms with van der Waals surface area (Å²) in [5.74, 6) is 1.79. The standard InChI is InChI=1S/C17H26BrNO2/c1-17(2,11-19-13-5-6-13)8-7-12-9-16(21-4)14(18)10-15(12)20-3/h9-10,13,19H,5-8,11H2,1-4H3. The van der Waals surface area contributed by atoms with Gasteiger partial charge in [0.1, 0.15) is 11.5 Å². The van der Waals surface area contributed by atoms with Gasteiger partial charge < -0.3 is 14.8 Å². The number of halogens is 1. The van der Waals surface area contributed by atoms with E-state index in [1.54, 1.807) is 14.2 Å². The highest BCUT2D eigenvalue weighted by molar-refractivity contribution is 9.10. The van der Waals surface area contributed by atoms with Crippen LogP contribution in [0.4, 0.5) is 0 Å². The first kappa shape index (κ1) is 16.6. The fraction of sp³-hybridized carbons (Fsp3) is 0.647. The molecule has 0 heterocycles. The minimum absolute atomic E-state index is 0.286. The Morgan fingerprint density at radius 3 is 2.43 bits per heavy atom. The Bertz CT molecular complexity index is 484. The lowest BCUT2D eigenvalue weighted by Gasteiger charge is -2.25. The number of rotatable bonds is 8. The summed E-state index contributed by atoms with van der Waals surface area (Å²) < 4.78 is 11.8. The average molecular weight is 356 g/mol. The predicted octanol–water partition coefficient (Wildman–Crippen LogP) is 4.18. The van der Waals surface area contributed by atoms with Crippen molar-refractivity contribution in [2.24, 2.45) is 5.41 Å². The highest BCUT2D eigenvalue weighted by Crippen LogP contribution is 2.35. The Hall–Kier alpha value is -0.740. The number of hydrogen-bond donors (Lipinski definition) is 1. The Kier molecular flexibility index (Phi) is 5.55. The Balaban J connectivity index is 2.00. The van der Waals surface area contributed by atoms with Gasteiger partial charge in [0.15, 0.2) is 0 Å². The zero-order valence-corrected chi connectivity index (χ0v) is 15.0. The van der Waals surface area contributed by atoms with Crippen LogP contribution in [0.3, 0.4) is 0 Å². The van der Waals surface area contributed by atoms with Crippen LogP contribution in [0.1, 0.15) is 38.7 Å². The first-order chi connectivity index (χ1) is 9.95. The van der Waals surface area contributed by atoms with E-state index in [2.05, 4.69) is 41.2 Å². The fourth-order valence-corrected chi connectivity index (χ4v) is 2.87. The van der Waals surface area contributed by atoms with E-state index in [0.29, 0.717) is 0 Å². The van der Waals surface area contributed by atoms with E-state index in [9.17, 15) is 0 Å². The zero-order valence-electron chi connectivity index (χ0n) is 13.5. The van der Waals surface area contributed by atoms with Gasteiger partial charge in [-0.05, 0) is 64.7 Å². The molecule has 3 nitrogen and oxygen atoms in total. The van der Waals surface area contributed by atoms with Crippen LogP contribution in [0.5, 0.6) is 11.5 Å². The maximum Gasteiger partial charge on any atom is 0.133 e. The van der Waals surface area contributed by atoms with Crippen molar-refractivity contribution in [3.63, 3.8) is 0 Å². The van der Waals surface area contributed by atoms with E-state index in [1.807, 2.05) is 6.07 Å². The molecule has 1 fully saturated rings. The van der Waals surface area contributed by atoms with Crippen molar-refractivity contribution in [2.45, 2.75) is 45.6 Å². The summed E-state index contributed by atoms with van der Waals surface area (Å²) in [4.78, 5) is 0. The molecule has 0 amide bonds. The summed E-state index contributed by atoms with van der Waals surface area (Å²) in [6, 6.07) is 4.84. The smallest absolute Gasteiger partial charge is 0.133 e. The molecule has 0 aliphatic heterocycles. The summed E-state index contributed by atoms with van der Waals surface area (Å²) in [7, 11) is 3.41. The molecular formula is C17H26BrNO2. The maximum absolute atomic E-state index is 5.50. The van der Waals surface area contributed by atoms with Gasteiger partial charge in [0.2, 0.25) is 0 Å². The topological polar surface area (TPSA) is 30.5 Å². The highest BCUT2D eigenvalue weighted by atomic mass is 79.9. The number of ether oxygens (including phenoxy) is 2. The van der Waals surface area contributed by atoms with Crippen LogP contribution < -0.4 is 14.8 Å². The minimum atomic E-state index is 0.286. The molecule has 1 aliphatic rings. The van der Waals surface area contributed by atoms with Crippen LogP contribution in [-0.2, 0) is 6.42 Å². The first-order valence-electron chi connectivity index (χ1n) is 7.59. The normalized spacial score (nSPS) is 15.1. The molecule has 1 aromatic carbocycles. The lowest BCUT2D eigenvalue weighted by Crippen LogP contribution is -2.31.